The quantitative estimate of drug-likeness (QED) is 0.892. The Labute approximate surface area is 112 Å². The summed E-state index contributed by atoms with van der Waals surface area (Å²) >= 11 is 0. The summed E-state index contributed by atoms with van der Waals surface area (Å²) in [7, 11) is 1.41. The van der Waals surface area contributed by atoms with Crippen LogP contribution in [0.25, 0.3) is 0 Å². The van der Waals surface area contributed by atoms with Gasteiger partial charge in [-0.2, -0.15) is 0 Å². The number of carboxylic acids is 1. The van der Waals surface area contributed by atoms with Crippen molar-refractivity contribution in [1.82, 2.24) is 4.90 Å². The number of methoxy groups -OCH3 is 1. The Bertz CT molecular complexity index is 454. The monoisotopic (exact) mass is 269 g/mol. The summed E-state index contributed by atoms with van der Waals surface area (Å²) in [5.74, 6) is -1.16. The number of hydrogen-bond donors (Lipinski definition) is 1. The van der Waals surface area contributed by atoms with Crippen LogP contribution in [0.2, 0.25) is 0 Å². The molecular weight excluding hydrogens is 249 g/mol. The highest BCUT2D eigenvalue weighted by atomic mass is 19.1. The van der Waals surface area contributed by atoms with Crippen molar-refractivity contribution in [3.63, 3.8) is 0 Å². The van der Waals surface area contributed by atoms with Gasteiger partial charge in [-0.15, -0.1) is 0 Å². The molecule has 0 aliphatic carbocycles. The van der Waals surface area contributed by atoms with E-state index >= 15 is 0 Å². The standard InChI is InChI=1S/C14H20FNO3/c1-14(2,3)16(9-13(17)18)8-10-5-6-12(19-4)11(15)7-10/h5-7H,8-9H2,1-4H3,(H,17,18). The highest BCUT2D eigenvalue weighted by Gasteiger charge is 2.23. The molecule has 0 aromatic heterocycles. The zero-order chi connectivity index (χ0) is 14.6. The summed E-state index contributed by atoms with van der Waals surface area (Å²) in [5, 5.41) is 8.93. The van der Waals surface area contributed by atoms with E-state index in [1.807, 2.05) is 20.8 Å². The second-order valence-electron chi connectivity index (χ2n) is 5.39. The minimum atomic E-state index is -0.899. The van der Waals surface area contributed by atoms with Crippen molar-refractivity contribution < 1.29 is 19.0 Å². The van der Waals surface area contributed by atoms with Crippen molar-refractivity contribution in [2.24, 2.45) is 0 Å². The van der Waals surface area contributed by atoms with Crippen molar-refractivity contribution in [2.45, 2.75) is 32.9 Å². The molecule has 0 saturated heterocycles. The van der Waals surface area contributed by atoms with Gasteiger partial charge < -0.3 is 9.84 Å². The second kappa shape index (κ2) is 6.02. The van der Waals surface area contributed by atoms with Crippen molar-refractivity contribution >= 4 is 5.97 Å². The smallest absolute Gasteiger partial charge is 0.317 e. The molecule has 1 N–H and O–H groups in total. The van der Waals surface area contributed by atoms with E-state index in [9.17, 15) is 9.18 Å². The molecule has 19 heavy (non-hydrogen) atoms. The SMILES string of the molecule is COc1ccc(CN(CC(=O)O)C(C)(C)C)cc1F. The number of halogens is 1. The third-order valence-corrected chi connectivity index (χ3v) is 2.86. The van der Waals surface area contributed by atoms with Gasteiger partial charge in [0.05, 0.1) is 13.7 Å². The largest absolute Gasteiger partial charge is 0.494 e. The fourth-order valence-corrected chi connectivity index (χ4v) is 1.72. The molecule has 1 rings (SSSR count). The predicted octanol–water partition coefficient (Wildman–Crippen LogP) is 2.52. The summed E-state index contributed by atoms with van der Waals surface area (Å²) in [5.41, 5.74) is 0.406. The van der Waals surface area contributed by atoms with E-state index in [4.69, 9.17) is 9.84 Å². The number of rotatable bonds is 5. The van der Waals surface area contributed by atoms with Crippen LogP contribution in [0.3, 0.4) is 0 Å². The van der Waals surface area contributed by atoms with Gasteiger partial charge in [0.25, 0.3) is 0 Å². The normalized spacial score (nSPS) is 11.7. The topological polar surface area (TPSA) is 49.8 Å². The fraction of sp³-hybridized carbons (Fsp3) is 0.500. The van der Waals surface area contributed by atoms with Crippen molar-refractivity contribution in [3.05, 3.63) is 29.6 Å². The lowest BCUT2D eigenvalue weighted by atomic mass is 10.0. The minimum Gasteiger partial charge on any atom is -0.494 e. The van der Waals surface area contributed by atoms with E-state index in [0.29, 0.717) is 6.54 Å². The van der Waals surface area contributed by atoms with E-state index in [1.165, 1.54) is 13.2 Å². The van der Waals surface area contributed by atoms with E-state index in [2.05, 4.69) is 0 Å². The number of carbonyl (C=O) groups is 1. The molecule has 0 fully saturated rings. The molecule has 0 aliphatic heterocycles. The molecule has 0 unspecified atom stereocenters. The Kier molecular flexibility index (Phi) is 4.89. The van der Waals surface area contributed by atoms with Crippen LogP contribution in [0.5, 0.6) is 5.75 Å². The molecule has 0 aliphatic rings. The lowest BCUT2D eigenvalue weighted by Crippen LogP contribution is -2.43. The number of hydrogen-bond acceptors (Lipinski definition) is 3. The van der Waals surface area contributed by atoms with Crippen LogP contribution in [0.15, 0.2) is 18.2 Å². The number of nitrogens with zero attached hydrogens (tertiary/aromatic N) is 1. The first-order chi connectivity index (χ1) is 8.74. The Morgan fingerprint density at radius 3 is 2.47 bits per heavy atom. The molecule has 0 bridgehead atoms. The molecule has 0 heterocycles. The van der Waals surface area contributed by atoms with E-state index in [-0.39, 0.29) is 17.8 Å². The molecule has 0 radical (unpaired) electrons. The van der Waals surface area contributed by atoms with Crippen LogP contribution >= 0.6 is 0 Å². The zero-order valence-electron chi connectivity index (χ0n) is 11.7. The second-order valence-corrected chi connectivity index (χ2v) is 5.39. The Balaban J connectivity index is 2.90. The van der Waals surface area contributed by atoms with Gasteiger partial charge in [-0.25, -0.2) is 4.39 Å². The minimum absolute atomic E-state index is 0.0862. The maximum atomic E-state index is 13.6. The zero-order valence-corrected chi connectivity index (χ0v) is 11.7. The van der Waals surface area contributed by atoms with E-state index in [0.717, 1.165) is 5.56 Å². The van der Waals surface area contributed by atoms with Gasteiger partial charge in [0, 0.05) is 12.1 Å². The van der Waals surface area contributed by atoms with Gasteiger partial charge in [-0.1, -0.05) is 6.07 Å². The van der Waals surface area contributed by atoms with Crippen molar-refractivity contribution in [3.8, 4) is 5.75 Å². The molecule has 0 saturated carbocycles. The predicted molar refractivity (Wildman–Crippen MR) is 70.8 cm³/mol. The van der Waals surface area contributed by atoms with Crippen LogP contribution in [-0.2, 0) is 11.3 Å². The summed E-state index contributed by atoms with van der Waals surface area (Å²) in [6, 6.07) is 4.66. The van der Waals surface area contributed by atoms with E-state index in [1.54, 1.807) is 17.0 Å². The molecule has 5 heteroatoms. The molecular formula is C14H20FNO3. The summed E-state index contributed by atoms with van der Waals surface area (Å²) in [4.78, 5) is 12.7. The maximum absolute atomic E-state index is 13.6. The summed E-state index contributed by atoms with van der Waals surface area (Å²) in [6.07, 6.45) is 0. The summed E-state index contributed by atoms with van der Waals surface area (Å²) in [6.45, 7) is 6.06. The van der Waals surface area contributed by atoms with Crippen LogP contribution < -0.4 is 4.74 Å². The molecule has 0 atom stereocenters. The van der Waals surface area contributed by atoms with Crippen LogP contribution in [-0.4, -0.2) is 35.2 Å². The van der Waals surface area contributed by atoms with Gasteiger partial charge in [0.15, 0.2) is 11.6 Å². The summed E-state index contributed by atoms with van der Waals surface area (Å²) < 4.78 is 18.5. The number of aliphatic carboxylic acids is 1. The first-order valence-corrected chi connectivity index (χ1v) is 6.03. The average Bonchev–Trinajstić information content (AvgIpc) is 2.26. The van der Waals surface area contributed by atoms with Gasteiger partial charge in [-0.05, 0) is 38.5 Å². The number of ether oxygens (including phenoxy) is 1. The van der Waals surface area contributed by atoms with Crippen molar-refractivity contribution in [1.29, 1.82) is 0 Å². The Hall–Kier alpha value is -1.62. The lowest BCUT2D eigenvalue weighted by molar-refractivity contribution is -0.139. The lowest BCUT2D eigenvalue weighted by Gasteiger charge is -2.34. The molecule has 0 spiro atoms. The highest BCUT2D eigenvalue weighted by molar-refractivity contribution is 5.69. The van der Waals surface area contributed by atoms with Crippen LogP contribution in [0, 0.1) is 5.82 Å². The molecule has 1 aromatic carbocycles. The number of carboxylic acid groups (broad SMARTS) is 1. The van der Waals surface area contributed by atoms with Gasteiger partial charge in [0.2, 0.25) is 0 Å². The van der Waals surface area contributed by atoms with Gasteiger partial charge >= 0.3 is 5.97 Å². The average molecular weight is 269 g/mol. The van der Waals surface area contributed by atoms with Crippen LogP contribution in [0.1, 0.15) is 26.3 Å². The Morgan fingerprint density at radius 1 is 1.42 bits per heavy atom. The third-order valence-electron chi connectivity index (χ3n) is 2.86. The van der Waals surface area contributed by atoms with Gasteiger partial charge in [0.1, 0.15) is 0 Å². The van der Waals surface area contributed by atoms with Gasteiger partial charge in [-0.3, -0.25) is 9.69 Å². The molecule has 106 valence electrons. The van der Waals surface area contributed by atoms with Crippen LogP contribution in [0.4, 0.5) is 4.39 Å². The first-order valence-electron chi connectivity index (χ1n) is 6.03. The maximum Gasteiger partial charge on any atom is 0.317 e. The molecule has 1 aromatic rings. The molecule has 4 nitrogen and oxygen atoms in total. The fourth-order valence-electron chi connectivity index (χ4n) is 1.72. The highest BCUT2D eigenvalue weighted by Crippen LogP contribution is 2.21. The number of benzene rings is 1. The third kappa shape index (κ3) is 4.52. The van der Waals surface area contributed by atoms with Crippen molar-refractivity contribution in [2.75, 3.05) is 13.7 Å². The first kappa shape index (κ1) is 15.4. The Morgan fingerprint density at radius 2 is 2.05 bits per heavy atom. The van der Waals surface area contributed by atoms with E-state index < -0.39 is 11.8 Å². The molecule has 0 amide bonds.